The number of hydrogen-bond acceptors (Lipinski definition) is 9. The molecule has 0 heterocycles. The van der Waals surface area contributed by atoms with Gasteiger partial charge in [-0.3, -0.25) is 14.4 Å². The molecule has 1 aromatic carbocycles. The molecule has 0 spiro atoms. The summed E-state index contributed by atoms with van der Waals surface area (Å²) in [5, 5.41) is 12.2. The van der Waals surface area contributed by atoms with Crippen molar-refractivity contribution >= 4 is 30.0 Å². The first kappa shape index (κ1) is 33.2. The summed E-state index contributed by atoms with van der Waals surface area (Å²) in [6, 6.07) is 9.36. The Hall–Kier alpha value is -3.72. The van der Waals surface area contributed by atoms with Gasteiger partial charge in [0.2, 0.25) is 0 Å². The first-order valence-electron chi connectivity index (χ1n) is 15.1. The van der Waals surface area contributed by atoms with Gasteiger partial charge in [-0.05, 0) is 60.0 Å². The number of carbonyl (C=O) groups excluding carboxylic acids is 4. The van der Waals surface area contributed by atoms with Crippen molar-refractivity contribution in [2.75, 3.05) is 0 Å². The summed E-state index contributed by atoms with van der Waals surface area (Å²) in [6.07, 6.45) is -0.473. The summed E-state index contributed by atoms with van der Waals surface area (Å²) in [5.41, 5.74) is 0.920. The molecule has 0 amide bonds. The maximum absolute atomic E-state index is 13.0. The highest BCUT2D eigenvalue weighted by molar-refractivity contribution is 5.87. The maximum atomic E-state index is 13.0. The first-order valence-corrected chi connectivity index (χ1v) is 15.1. The standard InChI is InChI=1S/C35H44O9/c1-19-26(44-28(39)15-14-24-12-10-9-11-13-24)16-17-35(8)30(19)31(42-22(4)37)25-18-27(41-21(3)36)20(2)29(34(25,6)7)32(33(35)40)43-23(5)38/h9-15,25-27,30-33,40H,1,16-18H2,2-8H3/b15-14+/t25-,26?,27?,30-,31?,32?,33?,35+/m0/s1. The minimum atomic E-state index is -1.25. The van der Waals surface area contributed by atoms with Crippen LogP contribution in [0.4, 0.5) is 0 Å². The Bertz CT molecular complexity index is 1370. The van der Waals surface area contributed by atoms with Crippen LogP contribution in [0.5, 0.6) is 0 Å². The largest absolute Gasteiger partial charge is 0.462 e. The number of fused-ring (bicyclic) bond motifs is 3. The van der Waals surface area contributed by atoms with Crippen LogP contribution in [0.3, 0.4) is 0 Å². The van der Waals surface area contributed by atoms with Gasteiger partial charge in [0, 0.05) is 44.1 Å². The molecule has 3 aliphatic carbocycles. The first-order chi connectivity index (χ1) is 20.6. The number of aliphatic hydroxyl groups is 1. The molecule has 0 saturated heterocycles. The van der Waals surface area contributed by atoms with Crippen LogP contribution in [0.15, 0.2) is 59.7 Å². The van der Waals surface area contributed by atoms with Crippen LogP contribution in [-0.2, 0) is 38.1 Å². The fourth-order valence-electron chi connectivity index (χ4n) is 7.80. The van der Waals surface area contributed by atoms with Crippen molar-refractivity contribution in [2.45, 2.75) is 98.2 Å². The van der Waals surface area contributed by atoms with E-state index in [4.69, 9.17) is 18.9 Å². The second-order valence-electron chi connectivity index (χ2n) is 13.1. The van der Waals surface area contributed by atoms with Gasteiger partial charge < -0.3 is 24.1 Å². The van der Waals surface area contributed by atoms with E-state index in [0.29, 0.717) is 36.0 Å². The van der Waals surface area contributed by atoms with Crippen molar-refractivity contribution in [2.24, 2.45) is 22.7 Å². The molecule has 44 heavy (non-hydrogen) atoms. The van der Waals surface area contributed by atoms with Crippen molar-refractivity contribution in [1.82, 2.24) is 0 Å². The SMILES string of the molecule is C=C1C(OC(=O)/C=C/c2ccccc2)CC[C@@]2(C)C(O)C(OC(C)=O)C3=C(C)C(OC(C)=O)C[C@@H](C(OC(C)=O)[C@H]12)C3(C)C. The molecular weight excluding hydrogens is 564 g/mol. The van der Waals surface area contributed by atoms with E-state index < -0.39 is 77.1 Å². The van der Waals surface area contributed by atoms with Gasteiger partial charge in [-0.2, -0.15) is 0 Å². The highest BCUT2D eigenvalue weighted by Gasteiger charge is 2.63. The predicted molar refractivity (Wildman–Crippen MR) is 163 cm³/mol. The second kappa shape index (κ2) is 12.7. The lowest BCUT2D eigenvalue weighted by atomic mass is 9.49. The molecule has 2 fully saturated rings. The smallest absolute Gasteiger partial charge is 0.331 e. The van der Waals surface area contributed by atoms with Crippen LogP contribution >= 0.6 is 0 Å². The monoisotopic (exact) mass is 608 g/mol. The molecule has 1 aromatic rings. The molecule has 5 unspecified atom stereocenters. The van der Waals surface area contributed by atoms with Crippen molar-refractivity contribution in [3.05, 3.63) is 65.3 Å². The lowest BCUT2D eigenvalue weighted by Crippen LogP contribution is -2.63. The quantitative estimate of drug-likeness (QED) is 0.203. The van der Waals surface area contributed by atoms with Gasteiger partial charge in [-0.1, -0.05) is 57.7 Å². The van der Waals surface area contributed by atoms with Crippen LogP contribution in [-0.4, -0.2) is 59.5 Å². The Morgan fingerprint density at radius 3 is 2.11 bits per heavy atom. The van der Waals surface area contributed by atoms with Crippen molar-refractivity contribution in [3.8, 4) is 0 Å². The summed E-state index contributed by atoms with van der Waals surface area (Å²) in [6.45, 7) is 15.9. The zero-order valence-electron chi connectivity index (χ0n) is 26.6. The van der Waals surface area contributed by atoms with Crippen LogP contribution in [0.2, 0.25) is 0 Å². The summed E-state index contributed by atoms with van der Waals surface area (Å²) in [4.78, 5) is 50.3. The van der Waals surface area contributed by atoms with Crippen LogP contribution in [0, 0.1) is 22.7 Å². The fourth-order valence-corrected chi connectivity index (χ4v) is 7.80. The van der Waals surface area contributed by atoms with Gasteiger partial charge in [-0.15, -0.1) is 0 Å². The number of carbonyl (C=O) groups is 4. The van der Waals surface area contributed by atoms with Crippen LogP contribution in [0.25, 0.3) is 6.08 Å². The molecular formula is C35H44O9. The van der Waals surface area contributed by atoms with Crippen LogP contribution in [0.1, 0.15) is 73.3 Å². The predicted octanol–water partition coefficient (Wildman–Crippen LogP) is 5.12. The zero-order chi connectivity index (χ0) is 32.6. The molecule has 1 N–H and O–H groups in total. The topological polar surface area (TPSA) is 125 Å². The number of benzene rings is 1. The molecule has 8 atom stereocenters. The lowest BCUT2D eigenvalue weighted by molar-refractivity contribution is -0.193. The third kappa shape index (κ3) is 6.39. The van der Waals surface area contributed by atoms with Gasteiger partial charge in [0.25, 0.3) is 0 Å². The van der Waals surface area contributed by atoms with Gasteiger partial charge >= 0.3 is 23.9 Å². The molecule has 9 nitrogen and oxygen atoms in total. The average molecular weight is 609 g/mol. The summed E-state index contributed by atoms with van der Waals surface area (Å²) >= 11 is 0. The van der Waals surface area contributed by atoms with Crippen molar-refractivity contribution in [1.29, 1.82) is 0 Å². The number of esters is 4. The molecule has 0 radical (unpaired) electrons. The van der Waals surface area contributed by atoms with E-state index in [-0.39, 0.29) is 0 Å². The lowest BCUT2D eigenvalue weighted by Gasteiger charge is -2.59. The van der Waals surface area contributed by atoms with Gasteiger partial charge in [0.15, 0.2) is 6.10 Å². The highest BCUT2D eigenvalue weighted by atomic mass is 16.6. The molecule has 9 heteroatoms. The third-order valence-electron chi connectivity index (χ3n) is 9.81. The Morgan fingerprint density at radius 2 is 1.52 bits per heavy atom. The molecule has 2 saturated carbocycles. The molecule has 4 rings (SSSR count). The number of aliphatic hydroxyl groups excluding tert-OH is 1. The number of rotatable bonds is 6. The van der Waals surface area contributed by atoms with E-state index in [2.05, 4.69) is 6.58 Å². The Kier molecular flexibility index (Phi) is 9.59. The van der Waals surface area contributed by atoms with Crippen molar-refractivity contribution < 1.29 is 43.2 Å². The number of hydrogen-bond donors (Lipinski definition) is 1. The molecule has 238 valence electrons. The summed E-state index contributed by atoms with van der Waals surface area (Å²) in [5.74, 6) is -3.25. The summed E-state index contributed by atoms with van der Waals surface area (Å²) < 4.78 is 23.7. The molecule has 0 aliphatic heterocycles. The molecule has 2 bridgehead atoms. The van der Waals surface area contributed by atoms with Gasteiger partial charge in [0.1, 0.15) is 24.4 Å². The van der Waals surface area contributed by atoms with E-state index in [9.17, 15) is 24.3 Å². The normalized spacial score (nSPS) is 33.0. The average Bonchev–Trinajstić information content (AvgIpc) is 2.93. The fraction of sp³-hybridized carbons (Fsp3) is 0.543. The highest BCUT2D eigenvalue weighted by Crippen LogP contribution is 2.60. The maximum Gasteiger partial charge on any atom is 0.331 e. The Balaban J connectivity index is 1.82. The van der Waals surface area contributed by atoms with Gasteiger partial charge in [-0.25, -0.2) is 4.79 Å². The van der Waals surface area contributed by atoms with E-state index in [1.54, 1.807) is 6.08 Å². The van der Waals surface area contributed by atoms with E-state index in [1.807, 2.05) is 58.0 Å². The summed E-state index contributed by atoms with van der Waals surface area (Å²) in [7, 11) is 0. The van der Waals surface area contributed by atoms with E-state index in [0.717, 1.165) is 5.56 Å². The van der Waals surface area contributed by atoms with Gasteiger partial charge in [0.05, 0.1) is 0 Å². The Morgan fingerprint density at radius 1 is 0.909 bits per heavy atom. The van der Waals surface area contributed by atoms with Crippen molar-refractivity contribution in [3.63, 3.8) is 0 Å². The molecule has 0 aromatic heterocycles. The molecule has 3 aliphatic rings. The van der Waals surface area contributed by atoms with E-state index in [1.165, 1.54) is 26.8 Å². The number of ether oxygens (including phenoxy) is 4. The minimum absolute atomic E-state index is 0.326. The van der Waals surface area contributed by atoms with E-state index >= 15 is 0 Å². The second-order valence-corrected chi connectivity index (χ2v) is 13.1. The Labute approximate surface area is 259 Å². The zero-order valence-corrected chi connectivity index (χ0v) is 26.6. The third-order valence-corrected chi connectivity index (χ3v) is 9.81. The minimum Gasteiger partial charge on any atom is -0.462 e. The van der Waals surface area contributed by atoms with Crippen LogP contribution < -0.4 is 0 Å².